The van der Waals surface area contributed by atoms with E-state index in [0.29, 0.717) is 6.54 Å². The van der Waals surface area contributed by atoms with E-state index in [-0.39, 0.29) is 5.91 Å². The summed E-state index contributed by atoms with van der Waals surface area (Å²) in [6.07, 6.45) is 1.16. The van der Waals surface area contributed by atoms with Crippen molar-refractivity contribution in [2.45, 2.75) is 13.3 Å². The Balaban J connectivity index is 3.45. The van der Waals surface area contributed by atoms with Crippen LogP contribution in [0.15, 0.2) is 0 Å². The molecule has 0 rings (SSSR count). The molecule has 0 fully saturated rings. The predicted molar refractivity (Wildman–Crippen MR) is 54.5 cm³/mol. The van der Waals surface area contributed by atoms with E-state index in [1.54, 1.807) is 0 Å². The summed E-state index contributed by atoms with van der Waals surface area (Å²) in [5, 5.41) is 0. The maximum Gasteiger partial charge on any atom is 0.231 e. The van der Waals surface area contributed by atoms with Crippen molar-refractivity contribution in [1.29, 1.82) is 0 Å². The van der Waals surface area contributed by atoms with E-state index in [4.69, 9.17) is 5.73 Å². The van der Waals surface area contributed by atoms with Crippen molar-refractivity contribution in [3.8, 4) is 0 Å². The summed E-state index contributed by atoms with van der Waals surface area (Å²) in [6, 6.07) is 0. The van der Waals surface area contributed by atoms with Gasteiger partial charge in [-0.15, -0.1) is 0 Å². The van der Waals surface area contributed by atoms with Crippen LogP contribution in [0.4, 0.5) is 0 Å². The van der Waals surface area contributed by atoms with Gasteiger partial charge in [0.05, 0.1) is 6.54 Å². The van der Waals surface area contributed by atoms with Crippen molar-refractivity contribution >= 4 is 5.91 Å². The van der Waals surface area contributed by atoms with E-state index >= 15 is 0 Å². The number of rotatable bonds is 7. The summed E-state index contributed by atoms with van der Waals surface area (Å²) in [4.78, 5) is 14.7. The lowest BCUT2D eigenvalue weighted by molar-refractivity contribution is -0.118. The number of amides is 1. The molecule has 0 atom stereocenters. The molecule has 0 radical (unpaired) electrons. The third kappa shape index (κ3) is 7.74. The van der Waals surface area contributed by atoms with Gasteiger partial charge in [-0.05, 0) is 27.1 Å². The molecule has 0 aliphatic heterocycles. The highest BCUT2D eigenvalue weighted by molar-refractivity contribution is 5.75. The van der Waals surface area contributed by atoms with Gasteiger partial charge in [0.2, 0.25) is 5.91 Å². The summed E-state index contributed by atoms with van der Waals surface area (Å²) >= 11 is 0. The smallest absolute Gasteiger partial charge is 0.231 e. The highest BCUT2D eigenvalue weighted by Crippen LogP contribution is 1.88. The van der Waals surface area contributed by atoms with E-state index in [1.807, 2.05) is 11.9 Å². The van der Waals surface area contributed by atoms with Crippen LogP contribution in [-0.2, 0) is 4.79 Å². The lowest BCUT2D eigenvalue weighted by Gasteiger charge is -2.20. The summed E-state index contributed by atoms with van der Waals surface area (Å²) in [6.45, 7) is 5.48. The van der Waals surface area contributed by atoms with Gasteiger partial charge in [0.1, 0.15) is 0 Å². The topological polar surface area (TPSA) is 49.6 Å². The van der Waals surface area contributed by atoms with Gasteiger partial charge in [0, 0.05) is 13.1 Å². The first kappa shape index (κ1) is 12.4. The molecule has 0 aromatic carbocycles. The molecule has 0 heterocycles. The molecule has 0 unspecified atom stereocenters. The molecule has 78 valence electrons. The molecule has 1 amide bonds. The van der Waals surface area contributed by atoms with Crippen LogP contribution in [0.1, 0.15) is 13.3 Å². The average Bonchev–Trinajstić information content (AvgIpc) is 2.00. The highest BCUT2D eigenvalue weighted by Gasteiger charge is 2.03. The number of primary amides is 1. The van der Waals surface area contributed by atoms with Crippen LogP contribution in [0, 0.1) is 0 Å². The Hall–Kier alpha value is -0.610. The number of nitrogens with zero attached hydrogens (tertiary/aromatic N) is 2. The zero-order valence-electron chi connectivity index (χ0n) is 8.92. The molecule has 0 saturated carbocycles. The first-order valence-corrected chi connectivity index (χ1v) is 4.71. The van der Waals surface area contributed by atoms with Gasteiger partial charge in [-0.3, -0.25) is 9.69 Å². The van der Waals surface area contributed by atoms with Crippen LogP contribution in [0.3, 0.4) is 0 Å². The number of carbonyl (C=O) groups excluding carboxylic acids is 1. The van der Waals surface area contributed by atoms with Crippen LogP contribution >= 0.6 is 0 Å². The van der Waals surface area contributed by atoms with Gasteiger partial charge in [-0.2, -0.15) is 0 Å². The van der Waals surface area contributed by atoms with Gasteiger partial charge >= 0.3 is 0 Å². The van der Waals surface area contributed by atoms with E-state index < -0.39 is 0 Å². The lowest BCUT2D eigenvalue weighted by Crippen LogP contribution is -2.36. The standard InChI is InChI=1S/C9H21N3O/c1-4-5-11(2)6-7-12(3)8-9(10)13/h4-8H2,1-3H3,(H2,10,13). The van der Waals surface area contributed by atoms with E-state index in [9.17, 15) is 4.79 Å². The maximum absolute atomic E-state index is 10.5. The molecule has 13 heavy (non-hydrogen) atoms. The molecule has 0 aliphatic carbocycles. The van der Waals surface area contributed by atoms with Gasteiger partial charge < -0.3 is 10.6 Å². The number of likely N-dealkylation sites (N-methyl/N-ethyl adjacent to an activating group) is 2. The third-order valence-electron chi connectivity index (χ3n) is 1.89. The molecule has 0 aromatic rings. The second-order valence-corrected chi connectivity index (χ2v) is 3.51. The van der Waals surface area contributed by atoms with E-state index in [2.05, 4.69) is 18.9 Å². The number of hydrogen-bond acceptors (Lipinski definition) is 3. The van der Waals surface area contributed by atoms with Crippen LogP contribution in [0.2, 0.25) is 0 Å². The zero-order valence-corrected chi connectivity index (χ0v) is 8.92. The molecule has 0 aliphatic rings. The lowest BCUT2D eigenvalue weighted by atomic mass is 10.4. The van der Waals surface area contributed by atoms with Crippen LogP contribution in [-0.4, -0.2) is 56.0 Å². The summed E-state index contributed by atoms with van der Waals surface area (Å²) in [5.41, 5.74) is 5.06. The molecule has 4 nitrogen and oxygen atoms in total. The fourth-order valence-electron chi connectivity index (χ4n) is 1.18. The first-order chi connectivity index (χ1) is 6.06. The van der Waals surface area contributed by atoms with Crippen molar-refractivity contribution in [2.24, 2.45) is 5.73 Å². The Morgan fingerprint density at radius 1 is 1.15 bits per heavy atom. The van der Waals surface area contributed by atoms with Gasteiger partial charge in [0.15, 0.2) is 0 Å². The normalized spacial score (nSPS) is 11.2. The summed E-state index contributed by atoms with van der Waals surface area (Å²) in [7, 11) is 3.99. The van der Waals surface area contributed by atoms with Crippen LogP contribution in [0.25, 0.3) is 0 Å². The molecule has 4 heteroatoms. The largest absolute Gasteiger partial charge is 0.369 e. The van der Waals surface area contributed by atoms with Crippen molar-refractivity contribution in [3.63, 3.8) is 0 Å². The third-order valence-corrected chi connectivity index (χ3v) is 1.89. The zero-order chi connectivity index (χ0) is 10.3. The maximum atomic E-state index is 10.5. The minimum Gasteiger partial charge on any atom is -0.369 e. The molecule has 0 bridgehead atoms. The number of nitrogens with two attached hydrogens (primary N) is 1. The quantitative estimate of drug-likeness (QED) is 0.597. The summed E-state index contributed by atoms with van der Waals surface area (Å²) in [5.74, 6) is -0.263. The minimum absolute atomic E-state index is 0.263. The predicted octanol–water partition coefficient (Wildman–Crippen LogP) is -0.255. The Morgan fingerprint density at radius 3 is 2.15 bits per heavy atom. The van der Waals surface area contributed by atoms with E-state index in [1.165, 1.54) is 0 Å². The number of hydrogen-bond donors (Lipinski definition) is 1. The monoisotopic (exact) mass is 187 g/mol. The Kier molecular flexibility index (Phi) is 6.54. The van der Waals surface area contributed by atoms with Crippen molar-refractivity contribution < 1.29 is 4.79 Å². The van der Waals surface area contributed by atoms with Crippen LogP contribution in [0.5, 0.6) is 0 Å². The molecule has 0 aromatic heterocycles. The number of carbonyl (C=O) groups is 1. The summed E-state index contributed by atoms with van der Waals surface area (Å²) < 4.78 is 0. The first-order valence-electron chi connectivity index (χ1n) is 4.71. The molecule has 0 saturated heterocycles. The highest BCUT2D eigenvalue weighted by atomic mass is 16.1. The molecular formula is C9H21N3O. The van der Waals surface area contributed by atoms with Gasteiger partial charge in [-0.1, -0.05) is 6.92 Å². The Morgan fingerprint density at radius 2 is 1.69 bits per heavy atom. The Labute approximate surface area is 80.7 Å². The van der Waals surface area contributed by atoms with Gasteiger partial charge in [0.25, 0.3) is 0 Å². The SMILES string of the molecule is CCCN(C)CCN(C)CC(N)=O. The molecule has 0 spiro atoms. The van der Waals surface area contributed by atoms with Crippen molar-refractivity contribution in [1.82, 2.24) is 9.80 Å². The van der Waals surface area contributed by atoms with Crippen LogP contribution < -0.4 is 5.73 Å². The molecular weight excluding hydrogens is 166 g/mol. The Bertz CT molecular complexity index is 150. The fraction of sp³-hybridized carbons (Fsp3) is 0.889. The molecule has 2 N–H and O–H groups in total. The van der Waals surface area contributed by atoms with Crippen molar-refractivity contribution in [3.05, 3.63) is 0 Å². The average molecular weight is 187 g/mol. The van der Waals surface area contributed by atoms with E-state index in [0.717, 1.165) is 26.1 Å². The minimum atomic E-state index is -0.263. The second kappa shape index (κ2) is 6.86. The second-order valence-electron chi connectivity index (χ2n) is 3.51. The fourth-order valence-corrected chi connectivity index (χ4v) is 1.18. The van der Waals surface area contributed by atoms with Crippen molar-refractivity contribution in [2.75, 3.05) is 40.3 Å². The van der Waals surface area contributed by atoms with Gasteiger partial charge in [-0.25, -0.2) is 0 Å².